The highest BCUT2D eigenvalue weighted by Crippen LogP contribution is 2.19. The van der Waals surface area contributed by atoms with E-state index in [0.29, 0.717) is 0 Å². The van der Waals surface area contributed by atoms with Crippen molar-refractivity contribution in [3.8, 4) is 0 Å². The number of hydrogen-bond donors (Lipinski definition) is 0. The quantitative estimate of drug-likeness (QED) is 0.490. The number of hydrogen-bond acceptors (Lipinski definition) is 1. The average molecular weight is 156 g/mol. The van der Waals surface area contributed by atoms with E-state index < -0.39 is 0 Å². The van der Waals surface area contributed by atoms with Crippen LogP contribution in [0, 0.1) is 11.8 Å². The van der Waals surface area contributed by atoms with Crippen LogP contribution in [0.5, 0.6) is 0 Å². The van der Waals surface area contributed by atoms with Gasteiger partial charge in [-0.25, -0.2) is 0 Å². The maximum atomic E-state index is 5.25. The van der Waals surface area contributed by atoms with Gasteiger partial charge in [-0.15, -0.1) is 6.58 Å². The summed E-state index contributed by atoms with van der Waals surface area (Å²) < 4.78 is 5.25. The van der Waals surface area contributed by atoms with Crippen molar-refractivity contribution in [2.45, 2.75) is 27.2 Å². The van der Waals surface area contributed by atoms with E-state index in [2.05, 4.69) is 20.4 Å². The maximum absolute atomic E-state index is 5.25. The van der Waals surface area contributed by atoms with Crippen LogP contribution in [-0.2, 0) is 4.74 Å². The second-order valence-electron chi connectivity index (χ2n) is 3.23. The summed E-state index contributed by atoms with van der Waals surface area (Å²) in [6.45, 7) is 11.8. The molecular formula is C10H20O. The van der Waals surface area contributed by atoms with Crippen LogP contribution in [0.4, 0.5) is 0 Å². The van der Waals surface area contributed by atoms with Crippen LogP contribution < -0.4 is 0 Å². The van der Waals surface area contributed by atoms with Gasteiger partial charge in [0.2, 0.25) is 0 Å². The molecule has 1 aliphatic heterocycles. The van der Waals surface area contributed by atoms with Gasteiger partial charge in [-0.2, -0.15) is 0 Å². The van der Waals surface area contributed by atoms with Crippen molar-refractivity contribution >= 4 is 0 Å². The van der Waals surface area contributed by atoms with Gasteiger partial charge in [0.25, 0.3) is 0 Å². The number of allylic oxidation sites excluding steroid dienone is 1. The number of rotatable bonds is 0. The molecule has 2 atom stereocenters. The van der Waals surface area contributed by atoms with E-state index in [4.69, 9.17) is 4.74 Å². The summed E-state index contributed by atoms with van der Waals surface area (Å²) in [5.41, 5.74) is 0. The minimum Gasteiger partial charge on any atom is -0.381 e. The zero-order valence-electron chi connectivity index (χ0n) is 7.97. The Morgan fingerprint density at radius 1 is 1.36 bits per heavy atom. The first kappa shape index (κ1) is 10.7. The van der Waals surface area contributed by atoms with E-state index in [-0.39, 0.29) is 0 Å². The van der Waals surface area contributed by atoms with E-state index >= 15 is 0 Å². The largest absolute Gasteiger partial charge is 0.381 e. The first-order valence-electron chi connectivity index (χ1n) is 4.37. The third-order valence-electron chi connectivity index (χ3n) is 2.07. The Hall–Kier alpha value is -0.300. The lowest BCUT2D eigenvalue weighted by Crippen LogP contribution is -2.22. The highest BCUT2D eigenvalue weighted by molar-refractivity contribution is 4.64. The van der Waals surface area contributed by atoms with Crippen LogP contribution in [0.25, 0.3) is 0 Å². The summed E-state index contributed by atoms with van der Waals surface area (Å²) in [4.78, 5) is 0. The van der Waals surface area contributed by atoms with Crippen molar-refractivity contribution in [3.05, 3.63) is 12.7 Å². The summed E-state index contributed by atoms with van der Waals surface area (Å²) in [5, 5.41) is 0. The van der Waals surface area contributed by atoms with Crippen molar-refractivity contribution < 1.29 is 4.74 Å². The minimum atomic E-state index is 0.781. The molecular weight excluding hydrogens is 136 g/mol. The van der Waals surface area contributed by atoms with Gasteiger partial charge in [0.05, 0.1) is 0 Å². The molecule has 0 spiro atoms. The van der Waals surface area contributed by atoms with E-state index in [1.54, 1.807) is 6.08 Å². The standard InChI is InChI=1S/C7H14O.C3H6/c1-6-3-4-8-5-7(6)2;1-3-2/h6-7H,3-5H2,1-2H3;3H,1H2,2H3. The fraction of sp³-hybridized carbons (Fsp3) is 0.800. The molecule has 1 aliphatic rings. The van der Waals surface area contributed by atoms with Crippen molar-refractivity contribution in [1.29, 1.82) is 0 Å². The Bertz CT molecular complexity index is 89.0. The summed E-state index contributed by atoms with van der Waals surface area (Å²) in [6.07, 6.45) is 3.00. The van der Waals surface area contributed by atoms with Gasteiger partial charge in [-0.3, -0.25) is 0 Å². The van der Waals surface area contributed by atoms with E-state index in [1.807, 2.05) is 6.92 Å². The Morgan fingerprint density at radius 3 is 2.18 bits per heavy atom. The lowest BCUT2D eigenvalue weighted by Gasteiger charge is -2.24. The highest BCUT2D eigenvalue weighted by atomic mass is 16.5. The van der Waals surface area contributed by atoms with Gasteiger partial charge in [-0.1, -0.05) is 19.9 Å². The lowest BCUT2D eigenvalue weighted by atomic mass is 9.92. The van der Waals surface area contributed by atoms with Crippen LogP contribution in [0.3, 0.4) is 0 Å². The topological polar surface area (TPSA) is 9.23 Å². The van der Waals surface area contributed by atoms with Gasteiger partial charge in [0, 0.05) is 13.2 Å². The Kier molecular flexibility index (Phi) is 6.24. The smallest absolute Gasteiger partial charge is 0.0494 e. The fourth-order valence-electron chi connectivity index (χ4n) is 0.987. The van der Waals surface area contributed by atoms with Crippen molar-refractivity contribution in [3.63, 3.8) is 0 Å². The third kappa shape index (κ3) is 5.02. The third-order valence-corrected chi connectivity index (χ3v) is 2.07. The molecule has 1 nitrogen and oxygen atoms in total. The minimum absolute atomic E-state index is 0.781. The SMILES string of the molecule is C=CC.CC1CCOCC1C. The van der Waals surface area contributed by atoms with E-state index in [1.165, 1.54) is 6.42 Å². The molecule has 0 amide bonds. The summed E-state index contributed by atoms with van der Waals surface area (Å²) >= 11 is 0. The molecule has 11 heavy (non-hydrogen) atoms. The monoisotopic (exact) mass is 156 g/mol. The lowest BCUT2D eigenvalue weighted by molar-refractivity contribution is 0.0303. The Labute approximate surface area is 70.4 Å². The zero-order chi connectivity index (χ0) is 8.69. The van der Waals surface area contributed by atoms with Gasteiger partial charge in [0.1, 0.15) is 0 Å². The molecule has 66 valence electrons. The molecule has 0 radical (unpaired) electrons. The first-order chi connectivity index (χ1) is 5.22. The molecule has 0 aliphatic carbocycles. The van der Waals surface area contributed by atoms with Crippen LogP contribution in [0.1, 0.15) is 27.2 Å². The average Bonchev–Trinajstić information content (AvgIpc) is 1.97. The van der Waals surface area contributed by atoms with Crippen molar-refractivity contribution in [2.24, 2.45) is 11.8 Å². The van der Waals surface area contributed by atoms with Gasteiger partial charge < -0.3 is 4.74 Å². The molecule has 1 rings (SSSR count). The molecule has 0 saturated carbocycles. The van der Waals surface area contributed by atoms with Crippen molar-refractivity contribution in [1.82, 2.24) is 0 Å². The van der Waals surface area contributed by atoms with Gasteiger partial charge >= 0.3 is 0 Å². The molecule has 1 heterocycles. The second-order valence-corrected chi connectivity index (χ2v) is 3.23. The molecule has 0 aromatic heterocycles. The molecule has 1 saturated heterocycles. The number of ether oxygens (including phenoxy) is 1. The summed E-state index contributed by atoms with van der Waals surface area (Å²) in [6, 6.07) is 0. The van der Waals surface area contributed by atoms with Crippen LogP contribution in [0.15, 0.2) is 12.7 Å². The predicted molar refractivity (Wildman–Crippen MR) is 49.6 cm³/mol. The fourth-order valence-corrected chi connectivity index (χ4v) is 0.987. The molecule has 1 fully saturated rings. The zero-order valence-corrected chi connectivity index (χ0v) is 7.97. The summed E-state index contributed by atoms with van der Waals surface area (Å²) in [5.74, 6) is 1.66. The predicted octanol–water partition coefficient (Wildman–Crippen LogP) is 2.87. The molecule has 0 aromatic carbocycles. The van der Waals surface area contributed by atoms with Crippen LogP contribution >= 0.6 is 0 Å². The molecule has 1 heteroatoms. The van der Waals surface area contributed by atoms with Crippen LogP contribution in [-0.4, -0.2) is 13.2 Å². The maximum Gasteiger partial charge on any atom is 0.0494 e. The normalized spacial score (nSPS) is 30.1. The van der Waals surface area contributed by atoms with Crippen LogP contribution in [0.2, 0.25) is 0 Å². The van der Waals surface area contributed by atoms with Gasteiger partial charge in [-0.05, 0) is 25.2 Å². The molecule has 0 aromatic rings. The Morgan fingerprint density at radius 2 is 1.91 bits per heavy atom. The summed E-state index contributed by atoms with van der Waals surface area (Å²) in [7, 11) is 0. The second kappa shape index (κ2) is 6.41. The van der Waals surface area contributed by atoms with E-state index in [0.717, 1.165) is 25.0 Å². The molecule has 2 unspecified atom stereocenters. The van der Waals surface area contributed by atoms with Crippen molar-refractivity contribution in [2.75, 3.05) is 13.2 Å². The Balaban J connectivity index is 0.000000292. The van der Waals surface area contributed by atoms with Gasteiger partial charge in [0.15, 0.2) is 0 Å². The van der Waals surface area contributed by atoms with E-state index in [9.17, 15) is 0 Å². The molecule has 0 bridgehead atoms. The molecule has 0 N–H and O–H groups in total. The first-order valence-corrected chi connectivity index (χ1v) is 4.37. The highest BCUT2D eigenvalue weighted by Gasteiger charge is 2.16.